The van der Waals surface area contributed by atoms with E-state index in [2.05, 4.69) is 15.2 Å². The molecular formula is C34H51N5O6. The van der Waals surface area contributed by atoms with Crippen LogP contribution in [0.2, 0.25) is 0 Å². The molecule has 11 nitrogen and oxygen atoms in total. The van der Waals surface area contributed by atoms with Gasteiger partial charge in [0.15, 0.2) is 0 Å². The van der Waals surface area contributed by atoms with Crippen LogP contribution in [0.4, 0.5) is 5.69 Å². The van der Waals surface area contributed by atoms with Gasteiger partial charge in [-0.1, -0.05) is 6.92 Å². The topological polar surface area (TPSA) is 125 Å². The van der Waals surface area contributed by atoms with E-state index in [-0.39, 0.29) is 49.0 Å². The summed E-state index contributed by atoms with van der Waals surface area (Å²) in [6.07, 6.45) is 6.31. The molecule has 0 saturated carbocycles. The molecule has 1 aromatic carbocycles. The number of anilines is 1. The number of nitrogens with one attached hydrogen (secondary N) is 1. The van der Waals surface area contributed by atoms with E-state index in [9.17, 15) is 19.5 Å². The van der Waals surface area contributed by atoms with E-state index in [1.165, 1.54) is 0 Å². The highest BCUT2D eigenvalue weighted by Gasteiger charge is 2.31. The van der Waals surface area contributed by atoms with Crippen LogP contribution in [0.15, 0.2) is 42.7 Å². The minimum absolute atomic E-state index is 0.0601. The van der Waals surface area contributed by atoms with Crippen LogP contribution in [0.3, 0.4) is 0 Å². The van der Waals surface area contributed by atoms with Gasteiger partial charge in [0.2, 0.25) is 5.91 Å². The lowest BCUT2D eigenvalue weighted by atomic mass is 10.0. The van der Waals surface area contributed by atoms with Crippen molar-refractivity contribution in [2.24, 2.45) is 5.92 Å². The Morgan fingerprint density at radius 1 is 1.13 bits per heavy atom. The van der Waals surface area contributed by atoms with Crippen molar-refractivity contribution in [3.63, 3.8) is 0 Å². The summed E-state index contributed by atoms with van der Waals surface area (Å²) < 4.78 is 12.6. The molecule has 0 bridgehead atoms. The van der Waals surface area contributed by atoms with Crippen LogP contribution in [0, 0.1) is 5.92 Å². The van der Waals surface area contributed by atoms with Crippen LogP contribution in [-0.4, -0.2) is 115 Å². The van der Waals surface area contributed by atoms with Gasteiger partial charge in [0.1, 0.15) is 5.75 Å². The molecule has 0 fully saturated rings. The monoisotopic (exact) mass is 625 g/mol. The SMILES string of the molecule is C[C@@H]1CCCCO[C@@H](CN(C)C(=O)CCCN(C)C)[C@H](C)CN([C@@H](C)CO)C(=O)c2cc(NC(=O)c3ccncc3)ccc2O1. The number of nitrogens with zero attached hydrogens (tertiary/aromatic N) is 4. The zero-order chi connectivity index (χ0) is 32.9. The van der Waals surface area contributed by atoms with Crippen LogP contribution in [0.5, 0.6) is 5.75 Å². The second kappa shape index (κ2) is 17.8. The second-order valence-corrected chi connectivity index (χ2v) is 12.4. The van der Waals surface area contributed by atoms with Gasteiger partial charge in [-0.3, -0.25) is 19.4 Å². The van der Waals surface area contributed by atoms with Crippen molar-refractivity contribution in [2.75, 3.05) is 59.3 Å². The number of likely N-dealkylation sites (N-methyl/N-ethyl adjacent to an activating group) is 1. The Balaban J connectivity index is 1.89. The van der Waals surface area contributed by atoms with Crippen LogP contribution >= 0.6 is 0 Å². The van der Waals surface area contributed by atoms with Crippen molar-refractivity contribution in [1.82, 2.24) is 19.7 Å². The van der Waals surface area contributed by atoms with Crippen molar-refractivity contribution in [3.05, 3.63) is 53.9 Å². The average molecular weight is 626 g/mol. The molecule has 0 radical (unpaired) electrons. The van der Waals surface area contributed by atoms with Crippen molar-refractivity contribution in [1.29, 1.82) is 0 Å². The highest BCUT2D eigenvalue weighted by molar-refractivity contribution is 6.05. The molecule has 4 atom stereocenters. The number of hydrogen-bond donors (Lipinski definition) is 2. The van der Waals surface area contributed by atoms with Gasteiger partial charge in [-0.2, -0.15) is 0 Å². The third kappa shape index (κ3) is 11.1. The molecule has 3 rings (SSSR count). The zero-order valence-corrected chi connectivity index (χ0v) is 27.7. The summed E-state index contributed by atoms with van der Waals surface area (Å²) in [5.41, 5.74) is 1.18. The fraction of sp³-hybridized carbons (Fsp3) is 0.588. The number of hydrogen-bond acceptors (Lipinski definition) is 8. The van der Waals surface area contributed by atoms with E-state index in [0.29, 0.717) is 42.1 Å². The fourth-order valence-electron chi connectivity index (χ4n) is 5.28. The predicted octanol–water partition coefficient (Wildman–Crippen LogP) is 3.93. The molecule has 11 heteroatoms. The summed E-state index contributed by atoms with van der Waals surface area (Å²) in [7, 11) is 5.78. The maximum atomic E-state index is 14.3. The molecule has 0 unspecified atom stereocenters. The molecule has 2 heterocycles. The van der Waals surface area contributed by atoms with Crippen LogP contribution < -0.4 is 10.1 Å². The lowest BCUT2D eigenvalue weighted by molar-refractivity contribution is -0.132. The minimum atomic E-state index is -0.501. The standard InChI is InChI=1S/C34H51N5O6/c1-24-21-39(25(2)23-40)34(43)29-20-28(36-33(42)27-14-16-35-17-15-27)12-13-30(29)45-26(3)10-7-8-19-44-31(24)22-38(6)32(41)11-9-18-37(4)5/h12-17,20,24-26,31,40H,7-11,18-19,21-23H2,1-6H3,(H,36,42)/t24-,25+,26-,31+/m1/s1. The third-order valence-electron chi connectivity index (χ3n) is 8.13. The Labute approximate surface area is 267 Å². The molecule has 1 aliphatic heterocycles. The number of pyridine rings is 1. The number of aromatic nitrogens is 1. The first-order chi connectivity index (χ1) is 21.5. The maximum Gasteiger partial charge on any atom is 0.258 e. The lowest BCUT2D eigenvalue weighted by Gasteiger charge is -2.36. The average Bonchev–Trinajstić information content (AvgIpc) is 3.02. The molecular weight excluding hydrogens is 574 g/mol. The molecule has 1 aromatic heterocycles. The van der Waals surface area contributed by atoms with E-state index in [0.717, 1.165) is 32.2 Å². The van der Waals surface area contributed by atoms with Crippen molar-refractivity contribution in [2.45, 2.75) is 71.1 Å². The number of ether oxygens (including phenoxy) is 2. The van der Waals surface area contributed by atoms with Gasteiger partial charge in [-0.25, -0.2) is 0 Å². The number of aliphatic hydroxyl groups is 1. The number of carbonyl (C=O) groups is 3. The largest absolute Gasteiger partial charge is 0.490 e. The zero-order valence-electron chi connectivity index (χ0n) is 27.7. The summed E-state index contributed by atoms with van der Waals surface area (Å²) >= 11 is 0. The van der Waals surface area contributed by atoms with Crippen molar-refractivity contribution < 1.29 is 29.0 Å². The van der Waals surface area contributed by atoms with Gasteiger partial charge in [0, 0.05) is 62.7 Å². The first-order valence-corrected chi connectivity index (χ1v) is 15.9. The second-order valence-electron chi connectivity index (χ2n) is 12.4. The molecule has 3 amide bonds. The van der Waals surface area contributed by atoms with E-state index in [4.69, 9.17) is 9.47 Å². The fourth-order valence-corrected chi connectivity index (χ4v) is 5.28. The molecule has 0 saturated heterocycles. The van der Waals surface area contributed by atoms with Gasteiger partial charge in [0.25, 0.3) is 11.8 Å². The molecule has 248 valence electrons. The third-order valence-corrected chi connectivity index (χ3v) is 8.13. The number of amides is 3. The number of aliphatic hydroxyl groups excluding tert-OH is 1. The van der Waals surface area contributed by atoms with Gasteiger partial charge < -0.3 is 34.6 Å². The van der Waals surface area contributed by atoms with Gasteiger partial charge in [0.05, 0.1) is 30.4 Å². The Morgan fingerprint density at radius 2 is 1.87 bits per heavy atom. The van der Waals surface area contributed by atoms with Crippen LogP contribution in [0.1, 0.15) is 73.6 Å². The molecule has 45 heavy (non-hydrogen) atoms. The number of rotatable bonds is 10. The highest BCUT2D eigenvalue weighted by Crippen LogP contribution is 2.29. The number of carbonyl (C=O) groups excluding carboxylic acids is 3. The number of fused-ring (bicyclic) bond motifs is 1. The number of benzene rings is 1. The molecule has 0 spiro atoms. The normalized spacial score (nSPS) is 20.5. The van der Waals surface area contributed by atoms with Crippen LogP contribution in [-0.2, 0) is 9.53 Å². The molecule has 1 aliphatic rings. The summed E-state index contributed by atoms with van der Waals surface area (Å²) in [5, 5.41) is 13.1. The predicted molar refractivity (Wildman–Crippen MR) is 174 cm³/mol. The summed E-state index contributed by atoms with van der Waals surface area (Å²) in [5.74, 6) is -0.319. The van der Waals surface area contributed by atoms with E-state index >= 15 is 0 Å². The Bertz CT molecular complexity index is 1240. The van der Waals surface area contributed by atoms with Crippen molar-refractivity contribution in [3.8, 4) is 5.75 Å². The van der Waals surface area contributed by atoms with E-state index in [1.54, 1.807) is 66.5 Å². The maximum absolute atomic E-state index is 14.3. The quantitative estimate of drug-likeness (QED) is 0.407. The van der Waals surface area contributed by atoms with Crippen LogP contribution in [0.25, 0.3) is 0 Å². The van der Waals surface area contributed by atoms with E-state index < -0.39 is 6.04 Å². The lowest BCUT2D eigenvalue weighted by Crippen LogP contribution is -2.48. The van der Waals surface area contributed by atoms with Gasteiger partial charge in [-0.15, -0.1) is 0 Å². The summed E-state index contributed by atoms with van der Waals surface area (Å²) in [6.45, 7) is 7.60. The minimum Gasteiger partial charge on any atom is -0.490 e. The van der Waals surface area contributed by atoms with Crippen molar-refractivity contribution >= 4 is 23.4 Å². The van der Waals surface area contributed by atoms with Gasteiger partial charge >= 0.3 is 0 Å². The molecule has 2 N–H and O–H groups in total. The smallest absolute Gasteiger partial charge is 0.258 e. The summed E-state index contributed by atoms with van der Waals surface area (Å²) in [4.78, 5) is 49.5. The first-order valence-electron chi connectivity index (χ1n) is 15.9. The highest BCUT2D eigenvalue weighted by atomic mass is 16.5. The summed E-state index contributed by atoms with van der Waals surface area (Å²) in [6, 6.07) is 7.79. The first kappa shape index (κ1) is 35.9. The van der Waals surface area contributed by atoms with E-state index in [1.807, 2.05) is 27.9 Å². The van der Waals surface area contributed by atoms with Gasteiger partial charge in [-0.05, 0) is 90.5 Å². The Kier molecular flexibility index (Phi) is 14.2. The molecule has 2 aromatic rings. The Hall–Kier alpha value is -3.54. The Morgan fingerprint density at radius 3 is 2.56 bits per heavy atom. The molecule has 0 aliphatic carbocycles.